The summed E-state index contributed by atoms with van der Waals surface area (Å²) in [5.41, 5.74) is 2.96. The van der Waals surface area contributed by atoms with Crippen LogP contribution in [0.3, 0.4) is 0 Å². The first-order valence-corrected chi connectivity index (χ1v) is 10.5. The quantitative estimate of drug-likeness (QED) is 0.579. The Morgan fingerprint density at radius 2 is 1.93 bits per heavy atom. The Balaban J connectivity index is 1.58. The van der Waals surface area contributed by atoms with Crippen molar-refractivity contribution in [3.8, 4) is 11.9 Å². The third-order valence-electron chi connectivity index (χ3n) is 4.77. The molecule has 1 saturated heterocycles. The highest BCUT2D eigenvalue weighted by Crippen LogP contribution is 2.35. The lowest BCUT2D eigenvalue weighted by Crippen LogP contribution is -2.20. The molecule has 0 N–H and O–H groups in total. The van der Waals surface area contributed by atoms with Gasteiger partial charge in [0, 0.05) is 18.0 Å². The van der Waals surface area contributed by atoms with Crippen molar-refractivity contribution < 1.29 is 4.74 Å². The fourth-order valence-corrected chi connectivity index (χ4v) is 4.09. The van der Waals surface area contributed by atoms with E-state index in [0.717, 1.165) is 34.4 Å². The highest BCUT2D eigenvalue weighted by molar-refractivity contribution is 7.99. The van der Waals surface area contributed by atoms with Gasteiger partial charge in [-0.05, 0) is 49.6 Å². The van der Waals surface area contributed by atoms with Crippen LogP contribution >= 0.6 is 11.8 Å². The van der Waals surface area contributed by atoms with Crippen molar-refractivity contribution in [2.45, 2.75) is 36.2 Å². The monoisotopic (exact) mass is 402 g/mol. The fraction of sp³-hybridized carbons (Fsp3) is 0.261. The van der Waals surface area contributed by atoms with Gasteiger partial charge in [-0.25, -0.2) is 4.98 Å². The lowest BCUT2D eigenvalue weighted by molar-refractivity contribution is 0.285. The Labute approximate surface area is 175 Å². The molecule has 0 aliphatic carbocycles. The van der Waals surface area contributed by atoms with Crippen LogP contribution in [0.25, 0.3) is 0 Å². The molecule has 146 valence electrons. The first-order chi connectivity index (χ1) is 14.2. The highest BCUT2D eigenvalue weighted by atomic mass is 32.2. The molecule has 0 saturated carbocycles. The Morgan fingerprint density at radius 1 is 1.14 bits per heavy atom. The standard InChI is InChI=1S/C23H22N4OS/c1-17-5-4-6-19(13-17)16-28-22-21(29-20-9-7-18(14-24)8-10-20)15-25-23(26-22)27-11-2-3-12-27/h4-10,13,15H,2-3,11-12,16H2,1H3. The van der Waals surface area contributed by atoms with Gasteiger partial charge in [0.15, 0.2) is 0 Å². The van der Waals surface area contributed by atoms with Crippen LogP contribution < -0.4 is 9.64 Å². The average Bonchev–Trinajstić information content (AvgIpc) is 3.28. The molecule has 6 heteroatoms. The zero-order valence-corrected chi connectivity index (χ0v) is 17.2. The molecule has 0 bridgehead atoms. The van der Waals surface area contributed by atoms with E-state index >= 15 is 0 Å². The number of nitriles is 1. The molecule has 3 aromatic rings. The van der Waals surface area contributed by atoms with Crippen LogP contribution in [0.4, 0.5) is 5.95 Å². The Morgan fingerprint density at radius 3 is 2.66 bits per heavy atom. The topological polar surface area (TPSA) is 62.0 Å². The lowest BCUT2D eigenvalue weighted by atomic mass is 10.1. The molecule has 4 rings (SSSR count). The third-order valence-corrected chi connectivity index (χ3v) is 5.78. The molecule has 1 aromatic heterocycles. The summed E-state index contributed by atoms with van der Waals surface area (Å²) < 4.78 is 6.14. The van der Waals surface area contributed by atoms with Crippen LogP contribution in [0.15, 0.2) is 64.5 Å². The average molecular weight is 403 g/mol. The Hall–Kier alpha value is -3.04. The van der Waals surface area contributed by atoms with Gasteiger partial charge in [0.25, 0.3) is 0 Å². The van der Waals surface area contributed by atoms with Crippen molar-refractivity contribution >= 4 is 17.7 Å². The van der Waals surface area contributed by atoms with Gasteiger partial charge in [-0.2, -0.15) is 10.2 Å². The molecule has 1 aliphatic heterocycles. The zero-order valence-electron chi connectivity index (χ0n) is 16.3. The first kappa shape index (κ1) is 19.3. The number of benzene rings is 2. The lowest BCUT2D eigenvalue weighted by Gasteiger charge is -2.17. The normalized spacial score (nSPS) is 13.3. The van der Waals surface area contributed by atoms with Gasteiger partial charge in [-0.3, -0.25) is 0 Å². The maximum atomic E-state index is 8.99. The molecular formula is C23H22N4OS. The summed E-state index contributed by atoms with van der Waals surface area (Å²) in [5.74, 6) is 1.32. The van der Waals surface area contributed by atoms with E-state index in [9.17, 15) is 0 Å². The fourth-order valence-electron chi connectivity index (χ4n) is 3.27. The third kappa shape index (κ3) is 4.87. The molecule has 0 radical (unpaired) electrons. The van der Waals surface area contributed by atoms with E-state index in [1.165, 1.54) is 18.4 Å². The molecular weight excluding hydrogens is 380 g/mol. The van der Waals surface area contributed by atoms with Crippen LogP contribution in [-0.4, -0.2) is 23.1 Å². The van der Waals surface area contributed by atoms with E-state index in [4.69, 9.17) is 15.0 Å². The largest absolute Gasteiger partial charge is 0.472 e. The molecule has 5 nitrogen and oxygen atoms in total. The zero-order chi connectivity index (χ0) is 20.1. The summed E-state index contributed by atoms with van der Waals surface area (Å²) in [6, 6.07) is 17.9. The number of hydrogen-bond acceptors (Lipinski definition) is 6. The van der Waals surface area contributed by atoms with Crippen LogP contribution in [0.2, 0.25) is 0 Å². The number of rotatable bonds is 6. The summed E-state index contributed by atoms with van der Waals surface area (Å²) >= 11 is 1.55. The van der Waals surface area contributed by atoms with E-state index in [0.29, 0.717) is 18.1 Å². The van der Waals surface area contributed by atoms with Gasteiger partial charge in [0.2, 0.25) is 11.8 Å². The minimum Gasteiger partial charge on any atom is -0.472 e. The van der Waals surface area contributed by atoms with Gasteiger partial charge in [-0.15, -0.1) is 0 Å². The second kappa shape index (κ2) is 8.97. The van der Waals surface area contributed by atoms with Gasteiger partial charge in [-0.1, -0.05) is 41.6 Å². The van der Waals surface area contributed by atoms with Crippen molar-refractivity contribution in [2.24, 2.45) is 0 Å². The van der Waals surface area contributed by atoms with Gasteiger partial charge in [0.05, 0.1) is 22.7 Å². The predicted octanol–water partition coefficient (Wildman–Crippen LogP) is 4.99. The second-order valence-corrected chi connectivity index (χ2v) is 8.16. The van der Waals surface area contributed by atoms with Crippen LogP contribution in [0.1, 0.15) is 29.5 Å². The second-order valence-electron chi connectivity index (χ2n) is 7.05. The number of nitrogens with zero attached hydrogens (tertiary/aromatic N) is 4. The smallest absolute Gasteiger partial charge is 0.232 e. The summed E-state index contributed by atoms with van der Waals surface area (Å²) in [4.78, 5) is 13.4. The maximum absolute atomic E-state index is 8.99. The van der Waals surface area contributed by atoms with E-state index in [2.05, 4.69) is 41.1 Å². The minimum atomic E-state index is 0.457. The molecule has 0 unspecified atom stereocenters. The Bertz CT molecular complexity index is 1020. The molecule has 2 heterocycles. The van der Waals surface area contributed by atoms with E-state index < -0.39 is 0 Å². The van der Waals surface area contributed by atoms with Gasteiger partial charge in [0.1, 0.15) is 6.61 Å². The summed E-state index contributed by atoms with van der Waals surface area (Å²) in [6.07, 6.45) is 4.18. The molecule has 1 aliphatic rings. The van der Waals surface area contributed by atoms with Crippen LogP contribution in [-0.2, 0) is 6.61 Å². The van der Waals surface area contributed by atoms with E-state index in [1.807, 2.05) is 36.5 Å². The molecule has 0 spiro atoms. The number of aromatic nitrogens is 2. The number of anilines is 1. The van der Waals surface area contributed by atoms with Crippen LogP contribution in [0, 0.1) is 18.3 Å². The molecule has 2 aromatic carbocycles. The molecule has 0 atom stereocenters. The van der Waals surface area contributed by atoms with Crippen molar-refractivity contribution in [1.82, 2.24) is 9.97 Å². The summed E-state index contributed by atoms with van der Waals surface area (Å²) in [5, 5.41) is 8.99. The molecule has 0 amide bonds. The number of aryl methyl sites for hydroxylation is 1. The summed E-state index contributed by atoms with van der Waals surface area (Å²) in [6.45, 7) is 4.50. The van der Waals surface area contributed by atoms with E-state index in [-0.39, 0.29) is 0 Å². The minimum absolute atomic E-state index is 0.457. The van der Waals surface area contributed by atoms with Crippen LogP contribution in [0.5, 0.6) is 5.88 Å². The number of hydrogen-bond donors (Lipinski definition) is 0. The highest BCUT2D eigenvalue weighted by Gasteiger charge is 2.18. The van der Waals surface area contributed by atoms with Crippen molar-refractivity contribution in [3.05, 3.63) is 71.4 Å². The number of ether oxygens (including phenoxy) is 1. The van der Waals surface area contributed by atoms with Crippen molar-refractivity contribution in [3.63, 3.8) is 0 Å². The Kier molecular flexibility index (Phi) is 5.97. The summed E-state index contributed by atoms with van der Waals surface area (Å²) in [7, 11) is 0. The van der Waals surface area contributed by atoms with E-state index in [1.54, 1.807) is 11.8 Å². The predicted molar refractivity (Wildman–Crippen MR) is 114 cm³/mol. The van der Waals surface area contributed by atoms with Crippen molar-refractivity contribution in [1.29, 1.82) is 5.26 Å². The SMILES string of the molecule is Cc1cccc(COc2nc(N3CCCC3)ncc2Sc2ccc(C#N)cc2)c1. The molecule has 1 fully saturated rings. The van der Waals surface area contributed by atoms with Gasteiger partial charge < -0.3 is 9.64 Å². The first-order valence-electron chi connectivity index (χ1n) is 9.69. The molecule has 29 heavy (non-hydrogen) atoms. The van der Waals surface area contributed by atoms with Crippen molar-refractivity contribution in [2.75, 3.05) is 18.0 Å². The maximum Gasteiger partial charge on any atom is 0.232 e. The van der Waals surface area contributed by atoms with Gasteiger partial charge >= 0.3 is 0 Å².